The van der Waals surface area contributed by atoms with Crippen LogP contribution in [0.25, 0.3) is 154 Å². The van der Waals surface area contributed by atoms with Gasteiger partial charge in [-0.1, -0.05) is 224 Å². The molecule has 0 atom stereocenters. The van der Waals surface area contributed by atoms with Crippen molar-refractivity contribution in [2.24, 2.45) is 0 Å². The van der Waals surface area contributed by atoms with Crippen molar-refractivity contribution in [2.45, 2.75) is 0 Å². The van der Waals surface area contributed by atoms with E-state index in [0.29, 0.717) is 17.5 Å². The van der Waals surface area contributed by atoms with Gasteiger partial charge in [-0.3, -0.25) is 0 Å². The standard InChI is InChI=1S/C75H47N5S/c1-5-20-48(21-6-1)51-38-40-52(41-39-51)73-76-74(78-75(77-73)63-33-17-32-59-56-28-14-16-37-69(56)81-72(59)63)62-45-43-54(50-24-9-3-10-25-50)47-68(62)80-66-36-19-31-58(71(66)61-44-42-53(46-67(61)80)49-22-7-2-8-23-49)57-30-18-35-65-70(57)60-29-13-15-34-64(60)79(65)55-26-11-4-12-27-55/h1-47H. The van der Waals surface area contributed by atoms with E-state index in [1.54, 1.807) is 11.3 Å². The molecule has 12 aromatic carbocycles. The highest BCUT2D eigenvalue weighted by molar-refractivity contribution is 7.26. The van der Waals surface area contributed by atoms with Gasteiger partial charge in [0.25, 0.3) is 0 Å². The molecule has 0 N–H and O–H groups in total. The summed E-state index contributed by atoms with van der Waals surface area (Å²) < 4.78 is 7.25. The zero-order valence-electron chi connectivity index (χ0n) is 43.8. The first-order valence-electron chi connectivity index (χ1n) is 27.4. The van der Waals surface area contributed by atoms with Crippen LogP contribution in [0.15, 0.2) is 285 Å². The Morgan fingerprint density at radius 2 is 0.716 bits per heavy atom. The molecule has 0 aliphatic heterocycles. The third kappa shape index (κ3) is 7.79. The van der Waals surface area contributed by atoms with Crippen LogP contribution in [-0.4, -0.2) is 24.1 Å². The van der Waals surface area contributed by atoms with Crippen LogP contribution < -0.4 is 0 Å². The molecule has 4 heterocycles. The zero-order chi connectivity index (χ0) is 53.4. The minimum Gasteiger partial charge on any atom is -0.309 e. The number of hydrogen-bond acceptors (Lipinski definition) is 4. The Morgan fingerprint density at radius 3 is 1.41 bits per heavy atom. The molecule has 0 aliphatic rings. The second kappa shape index (κ2) is 19.1. The number of fused-ring (bicyclic) bond motifs is 9. The van der Waals surface area contributed by atoms with E-state index >= 15 is 0 Å². The summed E-state index contributed by atoms with van der Waals surface area (Å²) in [4.78, 5) is 16.6. The number of rotatable bonds is 9. The van der Waals surface area contributed by atoms with Crippen molar-refractivity contribution in [2.75, 3.05) is 0 Å². The van der Waals surface area contributed by atoms with Crippen LogP contribution in [0.2, 0.25) is 0 Å². The summed E-state index contributed by atoms with van der Waals surface area (Å²) in [6.45, 7) is 0. The number of aromatic nitrogens is 5. The van der Waals surface area contributed by atoms with Crippen LogP contribution in [0.3, 0.4) is 0 Å². The summed E-state index contributed by atoms with van der Waals surface area (Å²) >= 11 is 1.78. The van der Waals surface area contributed by atoms with Crippen molar-refractivity contribution in [1.29, 1.82) is 0 Å². The molecule has 0 amide bonds. The molecule has 378 valence electrons. The van der Waals surface area contributed by atoms with Gasteiger partial charge < -0.3 is 9.13 Å². The van der Waals surface area contributed by atoms with E-state index in [1.165, 1.54) is 42.7 Å². The molecule has 4 aromatic heterocycles. The first kappa shape index (κ1) is 46.6. The third-order valence-electron chi connectivity index (χ3n) is 16.0. The van der Waals surface area contributed by atoms with Crippen molar-refractivity contribution in [1.82, 2.24) is 24.1 Å². The van der Waals surface area contributed by atoms with Crippen LogP contribution >= 0.6 is 11.3 Å². The van der Waals surface area contributed by atoms with Crippen LogP contribution in [0.5, 0.6) is 0 Å². The Morgan fingerprint density at radius 1 is 0.259 bits per heavy atom. The van der Waals surface area contributed by atoms with E-state index in [9.17, 15) is 0 Å². The molecule has 0 saturated carbocycles. The van der Waals surface area contributed by atoms with Gasteiger partial charge in [-0.15, -0.1) is 11.3 Å². The number of nitrogens with zero attached hydrogens (tertiary/aromatic N) is 5. The van der Waals surface area contributed by atoms with Gasteiger partial charge in [0, 0.05) is 64.1 Å². The van der Waals surface area contributed by atoms with E-state index in [0.717, 1.165) is 93.6 Å². The average Bonchev–Trinajstić information content (AvgIpc) is 4.42. The van der Waals surface area contributed by atoms with Gasteiger partial charge in [-0.05, 0) is 105 Å². The lowest BCUT2D eigenvalue weighted by molar-refractivity contribution is 1.07. The summed E-state index contributed by atoms with van der Waals surface area (Å²) in [5.41, 5.74) is 18.4. The lowest BCUT2D eigenvalue weighted by Crippen LogP contribution is -2.04. The molecule has 0 spiro atoms. The Bertz CT molecular complexity index is 5080. The number of benzene rings is 12. The van der Waals surface area contributed by atoms with E-state index in [1.807, 2.05) is 0 Å². The number of thiophene rings is 1. The van der Waals surface area contributed by atoms with Gasteiger partial charge in [-0.2, -0.15) is 0 Å². The lowest BCUT2D eigenvalue weighted by atomic mass is 9.95. The normalized spacial score (nSPS) is 11.7. The lowest BCUT2D eigenvalue weighted by Gasteiger charge is -2.17. The largest absolute Gasteiger partial charge is 0.309 e. The molecule has 0 saturated heterocycles. The van der Waals surface area contributed by atoms with Gasteiger partial charge in [-0.25, -0.2) is 15.0 Å². The molecule has 6 heteroatoms. The molecule has 81 heavy (non-hydrogen) atoms. The fourth-order valence-electron chi connectivity index (χ4n) is 12.3. The van der Waals surface area contributed by atoms with Gasteiger partial charge >= 0.3 is 0 Å². The van der Waals surface area contributed by atoms with Gasteiger partial charge in [0.05, 0.1) is 27.8 Å². The van der Waals surface area contributed by atoms with Crippen LogP contribution in [0, 0.1) is 0 Å². The van der Waals surface area contributed by atoms with Crippen molar-refractivity contribution in [3.8, 4) is 90.0 Å². The van der Waals surface area contributed by atoms with Gasteiger partial charge in [0.1, 0.15) is 0 Å². The second-order valence-corrected chi connectivity index (χ2v) is 21.7. The monoisotopic (exact) mass is 1050 g/mol. The smallest absolute Gasteiger partial charge is 0.166 e. The molecular weight excluding hydrogens is 1000 g/mol. The SMILES string of the molecule is c1ccc(-c2ccc(-c3nc(-c4ccc(-c5ccccc5)cc4-n4c5cc(-c6ccccc6)ccc5c5c(-c6cccc7c6c6ccccc6n7-c6ccccc6)cccc54)nc(-c4cccc5c4sc4ccccc45)n3)cc2)cc1. The maximum Gasteiger partial charge on any atom is 0.166 e. The molecule has 0 radical (unpaired) electrons. The third-order valence-corrected chi connectivity index (χ3v) is 17.2. The van der Waals surface area contributed by atoms with E-state index < -0.39 is 0 Å². The minimum absolute atomic E-state index is 0.582. The summed E-state index contributed by atoms with van der Waals surface area (Å²) in [6.07, 6.45) is 0. The second-order valence-electron chi connectivity index (χ2n) is 20.6. The first-order valence-corrected chi connectivity index (χ1v) is 28.2. The van der Waals surface area contributed by atoms with Crippen LogP contribution in [0.1, 0.15) is 0 Å². The summed E-state index contributed by atoms with van der Waals surface area (Å²) in [5, 5.41) is 7.15. The molecular formula is C75H47N5S. The molecule has 0 unspecified atom stereocenters. The van der Waals surface area contributed by atoms with Gasteiger partial charge in [0.2, 0.25) is 0 Å². The Labute approximate surface area is 471 Å². The Balaban J connectivity index is 0.990. The Kier molecular flexibility index (Phi) is 11.0. The first-order chi connectivity index (χ1) is 40.2. The Hall–Kier alpha value is -10.5. The predicted molar refractivity (Wildman–Crippen MR) is 339 cm³/mol. The molecule has 0 bridgehead atoms. The topological polar surface area (TPSA) is 48.5 Å². The number of hydrogen-bond donors (Lipinski definition) is 0. The molecule has 0 aliphatic carbocycles. The summed E-state index contributed by atoms with van der Waals surface area (Å²) in [5.74, 6) is 1.80. The molecule has 16 aromatic rings. The van der Waals surface area contributed by atoms with Crippen molar-refractivity contribution < 1.29 is 0 Å². The van der Waals surface area contributed by atoms with Crippen molar-refractivity contribution in [3.05, 3.63) is 285 Å². The maximum absolute atomic E-state index is 5.61. The molecule has 16 rings (SSSR count). The number of para-hydroxylation sites is 2. The van der Waals surface area contributed by atoms with E-state index in [4.69, 9.17) is 15.0 Å². The highest BCUT2D eigenvalue weighted by Crippen LogP contribution is 2.47. The van der Waals surface area contributed by atoms with Crippen molar-refractivity contribution >= 4 is 75.1 Å². The van der Waals surface area contributed by atoms with Gasteiger partial charge in [0.15, 0.2) is 17.5 Å². The fraction of sp³-hybridized carbons (Fsp3) is 0. The highest BCUT2D eigenvalue weighted by atomic mass is 32.1. The van der Waals surface area contributed by atoms with Crippen molar-refractivity contribution in [3.63, 3.8) is 0 Å². The van der Waals surface area contributed by atoms with Crippen LogP contribution in [-0.2, 0) is 0 Å². The van der Waals surface area contributed by atoms with Crippen LogP contribution in [0.4, 0.5) is 0 Å². The minimum atomic E-state index is 0.582. The van der Waals surface area contributed by atoms with E-state index in [-0.39, 0.29) is 0 Å². The van der Waals surface area contributed by atoms with E-state index in [2.05, 4.69) is 294 Å². The quantitative estimate of drug-likeness (QED) is 0.145. The highest BCUT2D eigenvalue weighted by Gasteiger charge is 2.25. The molecule has 0 fully saturated rings. The summed E-state index contributed by atoms with van der Waals surface area (Å²) in [7, 11) is 0. The summed E-state index contributed by atoms with van der Waals surface area (Å²) in [6, 6.07) is 103. The predicted octanol–water partition coefficient (Wildman–Crippen LogP) is 20.1. The maximum atomic E-state index is 5.61. The fourth-order valence-corrected chi connectivity index (χ4v) is 13.5. The average molecular weight is 1050 g/mol. The molecule has 5 nitrogen and oxygen atoms in total. The zero-order valence-corrected chi connectivity index (χ0v) is 44.6.